The van der Waals surface area contributed by atoms with E-state index in [-0.39, 0.29) is 24.5 Å². The molecule has 1 aliphatic heterocycles. The molecule has 1 heterocycles. The van der Waals surface area contributed by atoms with Crippen molar-refractivity contribution in [2.75, 3.05) is 6.54 Å². The number of carboxylic acids is 1. The molecule has 5 nitrogen and oxygen atoms in total. The monoisotopic (exact) mass is 314 g/mol. The second kappa shape index (κ2) is 6.94. The van der Waals surface area contributed by atoms with E-state index in [1.54, 1.807) is 0 Å². The van der Waals surface area contributed by atoms with Crippen LogP contribution in [0.5, 0.6) is 0 Å². The van der Waals surface area contributed by atoms with Crippen LogP contribution >= 0.6 is 0 Å². The summed E-state index contributed by atoms with van der Waals surface area (Å²) in [5.41, 5.74) is 1.17. The number of nitrogens with zero attached hydrogens (tertiary/aromatic N) is 2. The van der Waals surface area contributed by atoms with Gasteiger partial charge in [0.05, 0.1) is 0 Å². The van der Waals surface area contributed by atoms with Crippen molar-refractivity contribution in [2.24, 2.45) is 10.9 Å². The quantitative estimate of drug-likeness (QED) is 0.869. The summed E-state index contributed by atoms with van der Waals surface area (Å²) in [4.78, 5) is 30.0. The zero-order valence-electron chi connectivity index (χ0n) is 13.1. The van der Waals surface area contributed by atoms with Crippen molar-refractivity contribution >= 4 is 17.6 Å². The summed E-state index contributed by atoms with van der Waals surface area (Å²) in [5, 5.41) is 9.18. The first-order chi connectivity index (χ1) is 11.2. The van der Waals surface area contributed by atoms with Crippen LogP contribution in [-0.2, 0) is 9.59 Å². The Morgan fingerprint density at radius 1 is 1.13 bits per heavy atom. The highest BCUT2D eigenvalue weighted by molar-refractivity contribution is 6.46. The molecular formula is C18H22N2O3. The topological polar surface area (TPSA) is 70.0 Å². The molecule has 1 saturated carbocycles. The second-order valence-electron chi connectivity index (χ2n) is 6.34. The van der Waals surface area contributed by atoms with E-state index in [9.17, 15) is 14.7 Å². The van der Waals surface area contributed by atoms with Gasteiger partial charge >= 0.3 is 5.97 Å². The highest BCUT2D eigenvalue weighted by Crippen LogP contribution is 2.32. The molecule has 3 rings (SSSR count). The number of hydrogen-bond acceptors (Lipinski definition) is 3. The largest absolute Gasteiger partial charge is 0.480 e. The Hall–Kier alpha value is -2.17. The molecule has 1 N–H and O–H groups in total. The molecule has 1 amide bonds. The van der Waals surface area contributed by atoms with Gasteiger partial charge < -0.3 is 10.0 Å². The van der Waals surface area contributed by atoms with Gasteiger partial charge in [0.1, 0.15) is 18.4 Å². The van der Waals surface area contributed by atoms with Crippen molar-refractivity contribution in [3.8, 4) is 0 Å². The molecule has 1 aromatic carbocycles. The Bertz CT molecular complexity index is 604. The van der Waals surface area contributed by atoms with Crippen LogP contribution in [0.3, 0.4) is 0 Å². The van der Waals surface area contributed by atoms with Crippen molar-refractivity contribution in [3.63, 3.8) is 0 Å². The number of aliphatic carboxylic acids is 1. The van der Waals surface area contributed by atoms with E-state index >= 15 is 0 Å². The lowest BCUT2D eigenvalue weighted by atomic mass is 9.96. The average Bonchev–Trinajstić information content (AvgIpc) is 2.74. The predicted molar refractivity (Wildman–Crippen MR) is 87.3 cm³/mol. The fourth-order valence-corrected chi connectivity index (χ4v) is 3.59. The van der Waals surface area contributed by atoms with E-state index in [0.29, 0.717) is 5.71 Å². The highest BCUT2D eigenvalue weighted by atomic mass is 16.4. The molecule has 1 atom stereocenters. The van der Waals surface area contributed by atoms with E-state index in [0.717, 1.165) is 31.2 Å². The molecule has 0 bridgehead atoms. The van der Waals surface area contributed by atoms with Crippen molar-refractivity contribution in [2.45, 2.75) is 44.7 Å². The van der Waals surface area contributed by atoms with E-state index < -0.39 is 5.97 Å². The third kappa shape index (κ3) is 3.44. The Kier molecular flexibility index (Phi) is 4.74. The first-order valence-electron chi connectivity index (χ1n) is 8.33. The number of rotatable bonds is 4. The van der Waals surface area contributed by atoms with E-state index in [2.05, 4.69) is 4.99 Å². The SMILES string of the molecule is O=C(O)CN1C(=O)C(c2ccccc2)=NC1C1CCCCCC1. The number of carbonyl (C=O) groups excluding carboxylic acids is 1. The molecule has 2 aliphatic rings. The van der Waals surface area contributed by atoms with Crippen LogP contribution in [0.15, 0.2) is 35.3 Å². The first-order valence-corrected chi connectivity index (χ1v) is 8.33. The summed E-state index contributed by atoms with van der Waals surface area (Å²) < 4.78 is 0. The van der Waals surface area contributed by atoms with Crippen molar-refractivity contribution in [1.29, 1.82) is 0 Å². The smallest absolute Gasteiger partial charge is 0.323 e. The lowest BCUT2D eigenvalue weighted by molar-refractivity contribution is -0.143. The van der Waals surface area contributed by atoms with Gasteiger partial charge in [0.2, 0.25) is 0 Å². The number of carbonyl (C=O) groups is 2. The van der Waals surface area contributed by atoms with Crippen LogP contribution in [0, 0.1) is 5.92 Å². The fourth-order valence-electron chi connectivity index (χ4n) is 3.59. The van der Waals surface area contributed by atoms with E-state index in [1.807, 2.05) is 30.3 Å². The molecule has 0 radical (unpaired) electrons. The van der Waals surface area contributed by atoms with Crippen molar-refractivity contribution in [3.05, 3.63) is 35.9 Å². The molecular weight excluding hydrogens is 292 g/mol. The maximum atomic E-state index is 12.7. The van der Waals surface area contributed by atoms with Gasteiger partial charge in [-0.1, -0.05) is 56.0 Å². The van der Waals surface area contributed by atoms with E-state index in [4.69, 9.17) is 0 Å². The van der Waals surface area contributed by atoms with Gasteiger partial charge in [-0.2, -0.15) is 0 Å². The molecule has 1 unspecified atom stereocenters. The van der Waals surface area contributed by atoms with Crippen molar-refractivity contribution in [1.82, 2.24) is 4.90 Å². The molecule has 0 spiro atoms. The summed E-state index contributed by atoms with van der Waals surface area (Å²) in [7, 11) is 0. The summed E-state index contributed by atoms with van der Waals surface area (Å²) >= 11 is 0. The van der Waals surface area contributed by atoms with Crippen LogP contribution < -0.4 is 0 Å². The zero-order chi connectivity index (χ0) is 16.2. The predicted octanol–water partition coefficient (Wildman–Crippen LogP) is 2.70. The Morgan fingerprint density at radius 2 is 1.78 bits per heavy atom. The summed E-state index contributed by atoms with van der Waals surface area (Å²) in [6.45, 7) is -0.278. The number of aliphatic imine (C=N–C) groups is 1. The number of hydrogen-bond donors (Lipinski definition) is 1. The summed E-state index contributed by atoms with van der Waals surface area (Å²) in [6, 6.07) is 9.33. The lowest BCUT2D eigenvalue weighted by Gasteiger charge is -2.28. The Labute approximate surface area is 136 Å². The van der Waals surface area contributed by atoms with Gasteiger partial charge in [-0.05, 0) is 18.8 Å². The van der Waals surface area contributed by atoms with Gasteiger partial charge in [-0.3, -0.25) is 14.6 Å². The van der Waals surface area contributed by atoms with Crippen molar-refractivity contribution < 1.29 is 14.7 Å². The van der Waals surface area contributed by atoms with Gasteiger partial charge in [0.15, 0.2) is 0 Å². The highest BCUT2D eigenvalue weighted by Gasteiger charge is 2.40. The van der Waals surface area contributed by atoms with Gasteiger partial charge in [-0.25, -0.2) is 0 Å². The Morgan fingerprint density at radius 3 is 2.39 bits per heavy atom. The van der Waals surface area contributed by atoms with Crippen LogP contribution in [0.25, 0.3) is 0 Å². The first kappa shape index (κ1) is 15.7. The zero-order valence-corrected chi connectivity index (χ0v) is 13.1. The lowest BCUT2D eigenvalue weighted by Crippen LogP contribution is -2.43. The molecule has 122 valence electrons. The van der Waals surface area contributed by atoms with Crippen LogP contribution in [0.1, 0.15) is 44.1 Å². The number of benzene rings is 1. The molecule has 1 fully saturated rings. The fraction of sp³-hybridized carbons (Fsp3) is 0.500. The van der Waals surface area contributed by atoms with Gasteiger partial charge in [0, 0.05) is 5.56 Å². The third-order valence-electron chi connectivity index (χ3n) is 4.72. The molecule has 1 aliphatic carbocycles. The maximum absolute atomic E-state index is 12.7. The third-order valence-corrected chi connectivity index (χ3v) is 4.72. The normalized spacial score (nSPS) is 22.8. The summed E-state index contributed by atoms with van der Waals surface area (Å²) in [5.74, 6) is -0.976. The molecule has 0 aromatic heterocycles. The molecule has 0 saturated heterocycles. The minimum atomic E-state index is -0.985. The number of amides is 1. The standard InChI is InChI=1S/C18H22N2O3/c21-15(22)12-20-17(14-10-4-1-2-5-11-14)19-16(18(20)23)13-8-6-3-7-9-13/h3,6-9,14,17H,1-2,4-5,10-12H2,(H,21,22). The minimum Gasteiger partial charge on any atom is -0.480 e. The molecule has 23 heavy (non-hydrogen) atoms. The number of carboxylic acid groups (broad SMARTS) is 1. The Balaban J connectivity index is 1.90. The van der Waals surface area contributed by atoms with Crippen LogP contribution in [-0.4, -0.2) is 40.3 Å². The van der Waals surface area contributed by atoms with Gasteiger partial charge in [-0.15, -0.1) is 0 Å². The van der Waals surface area contributed by atoms with Gasteiger partial charge in [0.25, 0.3) is 5.91 Å². The second-order valence-corrected chi connectivity index (χ2v) is 6.34. The summed E-state index contributed by atoms with van der Waals surface area (Å²) in [6.07, 6.45) is 6.39. The maximum Gasteiger partial charge on any atom is 0.323 e. The van der Waals surface area contributed by atoms with Crippen LogP contribution in [0.2, 0.25) is 0 Å². The van der Waals surface area contributed by atoms with Crippen LogP contribution in [0.4, 0.5) is 0 Å². The minimum absolute atomic E-state index is 0.257. The molecule has 1 aromatic rings. The van der Waals surface area contributed by atoms with E-state index in [1.165, 1.54) is 17.7 Å². The average molecular weight is 314 g/mol. The molecule has 5 heteroatoms.